The Kier molecular flexibility index (Phi) is 4.04. The summed E-state index contributed by atoms with van der Waals surface area (Å²) in [5.41, 5.74) is 1.22. The Morgan fingerprint density at radius 1 is 1.28 bits per heavy atom. The van der Waals surface area contributed by atoms with Gasteiger partial charge in [-0.3, -0.25) is 4.90 Å². The first-order chi connectivity index (χ1) is 8.48. The summed E-state index contributed by atoms with van der Waals surface area (Å²) >= 11 is 0. The van der Waals surface area contributed by atoms with Crippen molar-refractivity contribution in [3.8, 4) is 0 Å². The second-order valence-corrected chi connectivity index (χ2v) is 7.08. The molecule has 1 fully saturated rings. The topological polar surface area (TPSA) is 57.6 Å². The molecule has 4 nitrogen and oxygen atoms in total. The maximum absolute atomic E-state index is 11.4. The lowest BCUT2D eigenvalue weighted by Gasteiger charge is -2.25. The molecule has 0 saturated carbocycles. The van der Waals surface area contributed by atoms with Crippen LogP contribution < -0.4 is 0 Å². The van der Waals surface area contributed by atoms with Gasteiger partial charge in [-0.15, -0.1) is 0 Å². The Labute approximate surface area is 108 Å². The molecule has 0 spiro atoms. The smallest absolute Gasteiger partial charge is 0.154 e. The zero-order chi connectivity index (χ0) is 13.2. The van der Waals surface area contributed by atoms with Crippen LogP contribution in [0.3, 0.4) is 0 Å². The van der Waals surface area contributed by atoms with Crippen LogP contribution in [0.5, 0.6) is 0 Å². The number of aliphatic hydroxyl groups excluding tert-OH is 1. The van der Waals surface area contributed by atoms with Crippen molar-refractivity contribution >= 4 is 9.84 Å². The number of hydrogen-bond donors (Lipinski definition) is 1. The minimum absolute atomic E-state index is 0.0689. The number of rotatable bonds is 4. The molecule has 0 bridgehead atoms. The molecule has 1 aliphatic heterocycles. The van der Waals surface area contributed by atoms with Gasteiger partial charge >= 0.3 is 0 Å². The Morgan fingerprint density at radius 3 is 2.50 bits per heavy atom. The number of aliphatic hydroxyl groups is 1. The molecule has 2 rings (SSSR count). The van der Waals surface area contributed by atoms with Gasteiger partial charge in [0.15, 0.2) is 9.84 Å². The molecule has 1 aliphatic rings. The van der Waals surface area contributed by atoms with Crippen molar-refractivity contribution in [2.45, 2.75) is 18.6 Å². The number of likely N-dealkylation sites (N-methyl/N-ethyl adjacent to an activating group) is 1. The van der Waals surface area contributed by atoms with Gasteiger partial charge in [0, 0.05) is 6.54 Å². The lowest BCUT2D eigenvalue weighted by molar-refractivity contribution is 0.100. The van der Waals surface area contributed by atoms with Crippen LogP contribution >= 0.6 is 0 Å². The molecule has 1 N–H and O–H groups in total. The molecule has 1 aromatic rings. The van der Waals surface area contributed by atoms with E-state index in [2.05, 4.69) is 12.1 Å². The average molecular weight is 269 g/mol. The van der Waals surface area contributed by atoms with Crippen LogP contribution in [0.4, 0.5) is 0 Å². The van der Waals surface area contributed by atoms with Crippen LogP contribution in [-0.2, 0) is 16.3 Å². The predicted molar refractivity (Wildman–Crippen MR) is 71.2 cm³/mol. The summed E-state index contributed by atoms with van der Waals surface area (Å²) in [4.78, 5) is 1.95. The Balaban J connectivity index is 1.91. The number of sulfone groups is 1. The van der Waals surface area contributed by atoms with Gasteiger partial charge in [-0.2, -0.15) is 0 Å². The van der Waals surface area contributed by atoms with Crippen LogP contribution in [0.25, 0.3) is 0 Å². The fourth-order valence-electron chi connectivity index (χ4n) is 2.35. The third-order valence-electron chi connectivity index (χ3n) is 3.46. The molecule has 5 heteroatoms. The Bertz CT molecular complexity index is 486. The fourth-order valence-corrected chi connectivity index (χ4v) is 4.22. The summed E-state index contributed by atoms with van der Waals surface area (Å²) in [5.74, 6) is -0.0349. The van der Waals surface area contributed by atoms with E-state index >= 15 is 0 Å². The van der Waals surface area contributed by atoms with Gasteiger partial charge in [-0.1, -0.05) is 30.3 Å². The summed E-state index contributed by atoms with van der Waals surface area (Å²) in [5, 5.41) is 9.77. The van der Waals surface area contributed by atoms with E-state index in [-0.39, 0.29) is 17.5 Å². The largest absolute Gasteiger partial charge is 0.390 e. The number of hydrogen-bond acceptors (Lipinski definition) is 4. The zero-order valence-corrected chi connectivity index (χ0v) is 11.3. The first-order valence-electron chi connectivity index (χ1n) is 6.10. The molecular weight excluding hydrogens is 250 g/mol. The summed E-state index contributed by atoms with van der Waals surface area (Å²) in [6.07, 6.45) is 0.108. The highest BCUT2D eigenvalue weighted by atomic mass is 32.2. The first kappa shape index (κ1) is 13.5. The zero-order valence-electron chi connectivity index (χ0n) is 10.5. The molecule has 0 aliphatic carbocycles. The van der Waals surface area contributed by atoms with Crippen LogP contribution in [0.2, 0.25) is 0 Å². The van der Waals surface area contributed by atoms with E-state index in [1.165, 1.54) is 5.56 Å². The molecule has 1 heterocycles. The Hall–Kier alpha value is -0.910. The highest BCUT2D eigenvalue weighted by molar-refractivity contribution is 7.91. The van der Waals surface area contributed by atoms with Crippen molar-refractivity contribution in [2.75, 3.05) is 25.1 Å². The first-order valence-corrected chi connectivity index (χ1v) is 7.93. The van der Waals surface area contributed by atoms with E-state index in [4.69, 9.17) is 0 Å². The van der Waals surface area contributed by atoms with Gasteiger partial charge in [0.05, 0.1) is 23.7 Å². The van der Waals surface area contributed by atoms with Crippen molar-refractivity contribution in [1.29, 1.82) is 0 Å². The van der Waals surface area contributed by atoms with E-state index in [9.17, 15) is 13.5 Å². The molecule has 2 atom stereocenters. The van der Waals surface area contributed by atoms with Gasteiger partial charge in [0.1, 0.15) is 0 Å². The summed E-state index contributed by atoms with van der Waals surface area (Å²) < 4.78 is 22.9. The maximum Gasteiger partial charge on any atom is 0.154 e. The lowest BCUT2D eigenvalue weighted by Crippen LogP contribution is -2.41. The van der Waals surface area contributed by atoms with Gasteiger partial charge < -0.3 is 5.11 Å². The second-order valence-electron chi connectivity index (χ2n) is 4.93. The quantitative estimate of drug-likeness (QED) is 0.855. The minimum atomic E-state index is -3.06. The molecule has 100 valence electrons. The monoisotopic (exact) mass is 269 g/mol. The van der Waals surface area contributed by atoms with Crippen LogP contribution in [0.15, 0.2) is 30.3 Å². The average Bonchev–Trinajstić information content (AvgIpc) is 2.61. The fraction of sp³-hybridized carbons (Fsp3) is 0.538. The van der Waals surface area contributed by atoms with E-state index in [0.29, 0.717) is 0 Å². The normalized spacial score (nSPS) is 26.6. The second kappa shape index (κ2) is 5.38. The van der Waals surface area contributed by atoms with Gasteiger partial charge in [-0.25, -0.2) is 8.42 Å². The van der Waals surface area contributed by atoms with Gasteiger partial charge in [0.25, 0.3) is 0 Å². The molecule has 0 aromatic heterocycles. The van der Waals surface area contributed by atoms with Crippen LogP contribution in [-0.4, -0.2) is 55.7 Å². The third kappa shape index (κ3) is 3.31. The predicted octanol–water partition coefficient (Wildman–Crippen LogP) is 0.319. The molecule has 0 unspecified atom stereocenters. The van der Waals surface area contributed by atoms with Crippen molar-refractivity contribution in [1.82, 2.24) is 4.90 Å². The van der Waals surface area contributed by atoms with Crippen LogP contribution in [0.1, 0.15) is 5.56 Å². The number of nitrogens with zero attached hydrogens (tertiary/aromatic N) is 1. The van der Waals surface area contributed by atoms with E-state index < -0.39 is 15.9 Å². The molecule has 0 radical (unpaired) electrons. The van der Waals surface area contributed by atoms with E-state index in [1.807, 2.05) is 30.1 Å². The van der Waals surface area contributed by atoms with Gasteiger partial charge in [0.2, 0.25) is 0 Å². The van der Waals surface area contributed by atoms with Crippen molar-refractivity contribution < 1.29 is 13.5 Å². The molecule has 18 heavy (non-hydrogen) atoms. The molecule has 1 aromatic carbocycles. The highest BCUT2D eigenvalue weighted by Crippen LogP contribution is 2.17. The molecule has 1 saturated heterocycles. The Morgan fingerprint density at radius 2 is 1.94 bits per heavy atom. The van der Waals surface area contributed by atoms with Crippen molar-refractivity contribution in [3.05, 3.63) is 35.9 Å². The van der Waals surface area contributed by atoms with E-state index in [0.717, 1.165) is 13.0 Å². The van der Waals surface area contributed by atoms with Crippen molar-refractivity contribution in [3.63, 3.8) is 0 Å². The van der Waals surface area contributed by atoms with Crippen LogP contribution in [0, 0.1) is 0 Å². The highest BCUT2D eigenvalue weighted by Gasteiger charge is 2.38. The minimum Gasteiger partial charge on any atom is -0.390 e. The summed E-state index contributed by atoms with van der Waals surface area (Å²) in [7, 11) is -1.19. The maximum atomic E-state index is 11.4. The van der Waals surface area contributed by atoms with Gasteiger partial charge in [-0.05, 0) is 19.0 Å². The van der Waals surface area contributed by atoms with Crippen molar-refractivity contribution in [2.24, 2.45) is 0 Å². The SMILES string of the molecule is CN(CCc1ccccc1)[C@@H]1CS(=O)(=O)C[C@H]1O. The number of benzene rings is 1. The van der Waals surface area contributed by atoms with E-state index in [1.54, 1.807) is 0 Å². The standard InChI is InChI=1S/C13H19NO3S/c1-14(8-7-11-5-3-2-4-6-11)12-9-18(16,17)10-13(12)15/h2-6,12-13,15H,7-10H2,1H3/t12-,13-/m1/s1. The molecule has 0 amide bonds. The summed E-state index contributed by atoms with van der Waals surface area (Å²) in [6.45, 7) is 0.751. The summed E-state index contributed by atoms with van der Waals surface area (Å²) in [6, 6.07) is 9.79. The molecular formula is C13H19NO3S. The lowest BCUT2D eigenvalue weighted by atomic mass is 10.1. The third-order valence-corrected chi connectivity index (χ3v) is 5.15.